The molecule has 0 heterocycles. The van der Waals surface area contributed by atoms with Crippen molar-refractivity contribution in [2.24, 2.45) is 5.73 Å². The van der Waals surface area contributed by atoms with Crippen molar-refractivity contribution in [3.8, 4) is 0 Å². The topological polar surface area (TPSA) is 26.0 Å². The van der Waals surface area contributed by atoms with Crippen LogP contribution in [0.15, 0.2) is 24.3 Å². The molecule has 0 aliphatic heterocycles. The molecule has 1 aromatic carbocycles. The molecule has 0 aromatic heterocycles. The van der Waals surface area contributed by atoms with Gasteiger partial charge in [0, 0.05) is 0 Å². The number of benzene rings is 1. The molecule has 0 fully saturated rings. The average molecular weight is 183 g/mol. The smallest absolute Gasteiger partial charge is 0.256 e. The molecule has 2 N–H and O–H groups in total. The first-order valence-electron chi connectivity index (χ1n) is 4.26. The Morgan fingerprint density at radius 3 is 2.00 bits per heavy atom. The van der Waals surface area contributed by atoms with Gasteiger partial charge in [0.2, 0.25) is 0 Å². The van der Waals surface area contributed by atoms with Crippen LogP contribution in [0.2, 0.25) is 0 Å². The molecule has 0 bridgehead atoms. The molecule has 0 saturated heterocycles. The number of alkyl halides is 2. The molecule has 3 heteroatoms. The second-order valence-corrected chi connectivity index (χ2v) is 3.66. The predicted molar refractivity (Wildman–Crippen MR) is 46.8 cm³/mol. The van der Waals surface area contributed by atoms with E-state index in [2.05, 4.69) is 0 Å². The summed E-state index contributed by atoms with van der Waals surface area (Å²) in [6.45, 7) is 0. The van der Waals surface area contributed by atoms with Crippen LogP contribution in [0.3, 0.4) is 0 Å². The lowest BCUT2D eigenvalue weighted by molar-refractivity contribution is 0.0593. The minimum atomic E-state index is -2.44. The van der Waals surface area contributed by atoms with E-state index in [-0.39, 0.29) is 0 Å². The quantitative estimate of drug-likeness (QED) is 0.705. The molecule has 0 radical (unpaired) electrons. The Morgan fingerprint density at radius 2 is 1.62 bits per heavy atom. The molecule has 0 saturated carbocycles. The Kier molecular flexibility index (Phi) is 1.84. The van der Waals surface area contributed by atoms with Gasteiger partial charge < -0.3 is 5.73 Å². The van der Waals surface area contributed by atoms with Crippen LogP contribution in [0.5, 0.6) is 0 Å². The normalized spacial score (nSPS) is 19.1. The SMILES string of the molecule is NC1(C(F)F)Cc2ccccc2C1. The van der Waals surface area contributed by atoms with Crippen molar-refractivity contribution < 1.29 is 8.78 Å². The summed E-state index contributed by atoms with van der Waals surface area (Å²) in [5.41, 5.74) is 6.20. The van der Waals surface area contributed by atoms with Crippen molar-refractivity contribution in [1.29, 1.82) is 0 Å². The van der Waals surface area contributed by atoms with Gasteiger partial charge in [0.05, 0.1) is 5.54 Å². The van der Waals surface area contributed by atoms with Crippen molar-refractivity contribution in [1.82, 2.24) is 0 Å². The van der Waals surface area contributed by atoms with E-state index in [0.29, 0.717) is 12.8 Å². The minimum absolute atomic E-state index is 0.292. The number of rotatable bonds is 1. The van der Waals surface area contributed by atoms with Gasteiger partial charge in [-0.25, -0.2) is 8.78 Å². The molecule has 0 spiro atoms. The zero-order valence-electron chi connectivity index (χ0n) is 7.13. The van der Waals surface area contributed by atoms with Crippen LogP contribution in [0.25, 0.3) is 0 Å². The van der Waals surface area contributed by atoms with Gasteiger partial charge >= 0.3 is 0 Å². The minimum Gasteiger partial charge on any atom is -0.320 e. The van der Waals surface area contributed by atoms with Gasteiger partial charge in [0.25, 0.3) is 6.43 Å². The first-order valence-corrected chi connectivity index (χ1v) is 4.26. The molecule has 1 aliphatic rings. The second kappa shape index (κ2) is 2.77. The standard InChI is InChI=1S/C10H11F2N/c11-9(12)10(13)5-7-3-1-2-4-8(7)6-10/h1-4,9H,5-6,13H2. The molecule has 1 nitrogen and oxygen atoms in total. The summed E-state index contributed by atoms with van der Waals surface area (Å²) < 4.78 is 25.1. The Hall–Kier alpha value is -0.960. The molecule has 1 aromatic rings. The number of hydrogen-bond donors (Lipinski definition) is 1. The first kappa shape index (κ1) is 8.63. The van der Waals surface area contributed by atoms with Gasteiger partial charge in [0.15, 0.2) is 0 Å². The Morgan fingerprint density at radius 1 is 1.15 bits per heavy atom. The number of halogens is 2. The molecule has 13 heavy (non-hydrogen) atoms. The molecular formula is C10H11F2N. The van der Waals surface area contributed by atoms with Gasteiger partial charge in [-0.15, -0.1) is 0 Å². The zero-order chi connectivity index (χ0) is 9.47. The van der Waals surface area contributed by atoms with Gasteiger partial charge in [-0.1, -0.05) is 24.3 Å². The Bertz CT molecular complexity index is 297. The van der Waals surface area contributed by atoms with E-state index in [1.165, 1.54) is 0 Å². The highest BCUT2D eigenvalue weighted by Gasteiger charge is 2.41. The highest BCUT2D eigenvalue weighted by atomic mass is 19.3. The maximum atomic E-state index is 12.6. The van der Waals surface area contributed by atoms with Crippen molar-refractivity contribution in [2.45, 2.75) is 24.8 Å². The summed E-state index contributed by atoms with van der Waals surface area (Å²) in [6, 6.07) is 7.45. The van der Waals surface area contributed by atoms with Crippen molar-refractivity contribution in [2.75, 3.05) is 0 Å². The number of nitrogens with two attached hydrogens (primary N) is 1. The summed E-state index contributed by atoms with van der Waals surface area (Å²) in [7, 11) is 0. The third kappa shape index (κ3) is 1.33. The summed E-state index contributed by atoms with van der Waals surface area (Å²) in [4.78, 5) is 0. The molecule has 1 aliphatic carbocycles. The highest BCUT2D eigenvalue weighted by molar-refractivity contribution is 5.36. The Labute approximate surface area is 75.6 Å². The number of fused-ring (bicyclic) bond motifs is 1. The largest absolute Gasteiger partial charge is 0.320 e. The van der Waals surface area contributed by atoms with Crippen LogP contribution in [0, 0.1) is 0 Å². The van der Waals surface area contributed by atoms with Crippen molar-refractivity contribution in [3.63, 3.8) is 0 Å². The lowest BCUT2D eigenvalue weighted by atomic mass is 9.98. The second-order valence-electron chi connectivity index (χ2n) is 3.66. The molecule has 0 unspecified atom stereocenters. The van der Waals surface area contributed by atoms with Gasteiger partial charge in [-0.2, -0.15) is 0 Å². The summed E-state index contributed by atoms with van der Waals surface area (Å²) in [6.07, 6.45) is -1.86. The lowest BCUT2D eigenvalue weighted by Gasteiger charge is -2.21. The maximum absolute atomic E-state index is 12.6. The molecule has 70 valence electrons. The zero-order valence-corrected chi connectivity index (χ0v) is 7.13. The molecule has 0 atom stereocenters. The van der Waals surface area contributed by atoms with E-state index in [9.17, 15) is 8.78 Å². The maximum Gasteiger partial charge on any atom is 0.256 e. The van der Waals surface area contributed by atoms with Crippen molar-refractivity contribution >= 4 is 0 Å². The highest BCUT2D eigenvalue weighted by Crippen LogP contribution is 2.32. The molecular weight excluding hydrogens is 172 g/mol. The van der Waals surface area contributed by atoms with E-state index in [1.54, 1.807) is 0 Å². The summed E-state index contributed by atoms with van der Waals surface area (Å²) >= 11 is 0. The van der Waals surface area contributed by atoms with Crippen LogP contribution in [0.1, 0.15) is 11.1 Å². The molecule has 2 rings (SSSR count). The van der Waals surface area contributed by atoms with E-state index < -0.39 is 12.0 Å². The van der Waals surface area contributed by atoms with Crippen LogP contribution >= 0.6 is 0 Å². The van der Waals surface area contributed by atoms with E-state index >= 15 is 0 Å². The van der Waals surface area contributed by atoms with Gasteiger partial charge in [-0.3, -0.25) is 0 Å². The van der Waals surface area contributed by atoms with E-state index in [1.807, 2.05) is 24.3 Å². The first-order chi connectivity index (χ1) is 6.12. The fourth-order valence-electron chi connectivity index (χ4n) is 1.83. The summed E-state index contributed by atoms with van der Waals surface area (Å²) in [5, 5.41) is 0. The average Bonchev–Trinajstić information content (AvgIpc) is 2.42. The van der Waals surface area contributed by atoms with Crippen LogP contribution in [-0.4, -0.2) is 12.0 Å². The van der Waals surface area contributed by atoms with Gasteiger partial charge in [0.1, 0.15) is 0 Å². The summed E-state index contributed by atoms with van der Waals surface area (Å²) in [5.74, 6) is 0. The third-order valence-electron chi connectivity index (χ3n) is 2.59. The fraction of sp³-hybridized carbons (Fsp3) is 0.400. The van der Waals surface area contributed by atoms with Crippen molar-refractivity contribution in [3.05, 3.63) is 35.4 Å². The number of hydrogen-bond acceptors (Lipinski definition) is 1. The fourth-order valence-corrected chi connectivity index (χ4v) is 1.83. The lowest BCUT2D eigenvalue weighted by Crippen LogP contribution is -2.47. The third-order valence-corrected chi connectivity index (χ3v) is 2.59. The monoisotopic (exact) mass is 183 g/mol. The van der Waals surface area contributed by atoms with Crippen LogP contribution in [0.4, 0.5) is 8.78 Å². The van der Waals surface area contributed by atoms with Gasteiger partial charge in [-0.05, 0) is 24.0 Å². The molecule has 0 amide bonds. The van der Waals surface area contributed by atoms with E-state index in [0.717, 1.165) is 11.1 Å². The van der Waals surface area contributed by atoms with Crippen LogP contribution < -0.4 is 5.73 Å². The van der Waals surface area contributed by atoms with E-state index in [4.69, 9.17) is 5.73 Å². The van der Waals surface area contributed by atoms with Crippen LogP contribution in [-0.2, 0) is 12.8 Å². The Balaban J connectivity index is 2.32. The predicted octanol–water partition coefficient (Wildman–Crippen LogP) is 1.75.